The van der Waals surface area contributed by atoms with Gasteiger partial charge in [0.25, 0.3) is 0 Å². The van der Waals surface area contributed by atoms with Crippen molar-refractivity contribution in [2.24, 2.45) is 5.92 Å². The SMILES string of the molecule is OCC(CO)N[C@@H](c1cccs1)C1CCCCC1. The molecular formula is C14H23NO2S. The molecule has 1 saturated carbocycles. The average molecular weight is 269 g/mol. The van der Waals surface area contributed by atoms with Crippen molar-refractivity contribution in [2.45, 2.75) is 44.2 Å². The molecule has 0 amide bonds. The lowest BCUT2D eigenvalue weighted by Gasteiger charge is -2.32. The molecule has 1 atom stereocenters. The van der Waals surface area contributed by atoms with Gasteiger partial charge in [0.15, 0.2) is 0 Å². The molecule has 0 spiro atoms. The van der Waals surface area contributed by atoms with Crippen molar-refractivity contribution >= 4 is 11.3 Å². The minimum Gasteiger partial charge on any atom is -0.395 e. The van der Waals surface area contributed by atoms with E-state index in [4.69, 9.17) is 0 Å². The normalized spacial score (nSPS) is 19.3. The number of aliphatic hydroxyl groups is 2. The maximum atomic E-state index is 9.25. The second kappa shape index (κ2) is 7.24. The van der Waals surface area contributed by atoms with E-state index >= 15 is 0 Å². The van der Waals surface area contributed by atoms with Crippen molar-refractivity contribution in [2.75, 3.05) is 13.2 Å². The van der Waals surface area contributed by atoms with Crippen LogP contribution in [0.3, 0.4) is 0 Å². The first-order valence-corrected chi connectivity index (χ1v) is 7.74. The molecule has 3 nitrogen and oxygen atoms in total. The van der Waals surface area contributed by atoms with Gasteiger partial charge in [0.05, 0.1) is 19.3 Å². The summed E-state index contributed by atoms with van der Waals surface area (Å²) >= 11 is 1.76. The molecule has 1 fully saturated rings. The van der Waals surface area contributed by atoms with Gasteiger partial charge in [0, 0.05) is 10.9 Å². The fourth-order valence-corrected chi connectivity index (χ4v) is 3.68. The largest absolute Gasteiger partial charge is 0.395 e. The highest BCUT2D eigenvalue weighted by atomic mass is 32.1. The van der Waals surface area contributed by atoms with Gasteiger partial charge in [0.1, 0.15) is 0 Å². The van der Waals surface area contributed by atoms with Crippen molar-refractivity contribution < 1.29 is 10.2 Å². The minimum absolute atomic E-state index is 0.00883. The van der Waals surface area contributed by atoms with E-state index in [1.807, 2.05) is 0 Å². The van der Waals surface area contributed by atoms with Crippen LogP contribution < -0.4 is 5.32 Å². The van der Waals surface area contributed by atoms with Gasteiger partial charge in [0.2, 0.25) is 0 Å². The van der Waals surface area contributed by atoms with E-state index in [1.165, 1.54) is 37.0 Å². The van der Waals surface area contributed by atoms with Crippen LogP contribution in [0.15, 0.2) is 17.5 Å². The molecule has 0 aliphatic heterocycles. The summed E-state index contributed by atoms with van der Waals surface area (Å²) in [5.74, 6) is 0.637. The Morgan fingerprint density at radius 3 is 2.50 bits per heavy atom. The van der Waals surface area contributed by atoms with Gasteiger partial charge < -0.3 is 15.5 Å². The average Bonchev–Trinajstić information content (AvgIpc) is 2.95. The van der Waals surface area contributed by atoms with E-state index in [2.05, 4.69) is 22.8 Å². The summed E-state index contributed by atoms with van der Waals surface area (Å²) < 4.78 is 0. The quantitative estimate of drug-likeness (QED) is 0.743. The Morgan fingerprint density at radius 1 is 1.22 bits per heavy atom. The lowest BCUT2D eigenvalue weighted by Crippen LogP contribution is -2.41. The van der Waals surface area contributed by atoms with Crippen LogP contribution in [0.4, 0.5) is 0 Å². The molecule has 18 heavy (non-hydrogen) atoms. The predicted molar refractivity (Wildman–Crippen MR) is 74.7 cm³/mol. The number of aliphatic hydroxyl groups excluding tert-OH is 2. The summed E-state index contributed by atoms with van der Waals surface area (Å²) in [6.07, 6.45) is 6.45. The summed E-state index contributed by atoms with van der Waals surface area (Å²) in [6.45, 7) is -0.0177. The number of rotatable bonds is 6. The van der Waals surface area contributed by atoms with Crippen LogP contribution in [-0.2, 0) is 0 Å². The molecule has 3 N–H and O–H groups in total. The van der Waals surface area contributed by atoms with Crippen LogP contribution in [0.5, 0.6) is 0 Å². The van der Waals surface area contributed by atoms with Crippen molar-refractivity contribution in [1.82, 2.24) is 5.32 Å². The van der Waals surface area contributed by atoms with E-state index < -0.39 is 0 Å². The van der Waals surface area contributed by atoms with Crippen LogP contribution >= 0.6 is 11.3 Å². The van der Waals surface area contributed by atoms with Crippen LogP contribution in [0.2, 0.25) is 0 Å². The third kappa shape index (κ3) is 3.54. The summed E-state index contributed by atoms with van der Waals surface area (Å²) in [4.78, 5) is 1.33. The topological polar surface area (TPSA) is 52.5 Å². The second-order valence-corrected chi connectivity index (χ2v) is 6.10. The Balaban J connectivity index is 2.07. The van der Waals surface area contributed by atoms with Gasteiger partial charge in [-0.1, -0.05) is 25.3 Å². The van der Waals surface area contributed by atoms with Gasteiger partial charge in [-0.25, -0.2) is 0 Å². The number of nitrogens with one attached hydrogen (secondary N) is 1. The molecule has 2 rings (SSSR count). The molecule has 0 bridgehead atoms. The third-order valence-corrected chi connectivity index (χ3v) is 4.78. The fourth-order valence-electron chi connectivity index (χ4n) is 2.80. The van der Waals surface area contributed by atoms with Gasteiger partial charge in [-0.15, -0.1) is 11.3 Å². The zero-order valence-corrected chi connectivity index (χ0v) is 11.5. The minimum atomic E-state index is -0.209. The van der Waals surface area contributed by atoms with E-state index in [0.717, 1.165) is 0 Å². The van der Waals surface area contributed by atoms with Gasteiger partial charge >= 0.3 is 0 Å². The zero-order valence-electron chi connectivity index (χ0n) is 10.7. The van der Waals surface area contributed by atoms with Crippen LogP contribution in [0.1, 0.15) is 43.0 Å². The number of hydrogen-bond donors (Lipinski definition) is 3. The molecule has 0 radical (unpaired) electrons. The number of thiophene rings is 1. The lowest BCUT2D eigenvalue weighted by atomic mass is 9.83. The molecule has 0 saturated heterocycles. The lowest BCUT2D eigenvalue weighted by molar-refractivity contribution is 0.145. The van der Waals surface area contributed by atoms with Gasteiger partial charge in [-0.3, -0.25) is 0 Å². The standard InChI is InChI=1S/C14H23NO2S/c16-9-12(10-17)15-14(13-7-4-8-18-13)11-5-2-1-3-6-11/h4,7-8,11-12,14-17H,1-3,5-6,9-10H2/t14-/m1/s1. The third-order valence-electron chi connectivity index (χ3n) is 3.83. The molecule has 1 aromatic rings. The highest BCUT2D eigenvalue weighted by Crippen LogP contribution is 2.36. The Kier molecular flexibility index (Phi) is 5.63. The number of hydrogen-bond acceptors (Lipinski definition) is 4. The highest BCUT2D eigenvalue weighted by Gasteiger charge is 2.27. The molecule has 1 aliphatic carbocycles. The maximum Gasteiger partial charge on any atom is 0.0607 e. The summed E-state index contributed by atoms with van der Waals surface area (Å²) in [7, 11) is 0. The first-order chi connectivity index (χ1) is 8.85. The van der Waals surface area contributed by atoms with E-state index in [9.17, 15) is 10.2 Å². The van der Waals surface area contributed by atoms with Crippen molar-refractivity contribution in [3.63, 3.8) is 0 Å². The molecule has 102 valence electrons. The van der Waals surface area contributed by atoms with Crippen LogP contribution in [0.25, 0.3) is 0 Å². The molecule has 4 heteroatoms. The monoisotopic (exact) mass is 269 g/mol. The highest BCUT2D eigenvalue weighted by molar-refractivity contribution is 7.10. The predicted octanol–water partition coefficient (Wildman–Crippen LogP) is 2.31. The molecule has 1 aliphatic rings. The Bertz CT molecular complexity index is 319. The fraction of sp³-hybridized carbons (Fsp3) is 0.714. The Hall–Kier alpha value is -0.420. The van der Waals surface area contributed by atoms with E-state index in [0.29, 0.717) is 5.92 Å². The van der Waals surface area contributed by atoms with Crippen molar-refractivity contribution in [3.05, 3.63) is 22.4 Å². The van der Waals surface area contributed by atoms with E-state index in [-0.39, 0.29) is 25.3 Å². The molecular weight excluding hydrogens is 246 g/mol. The van der Waals surface area contributed by atoms with Gasteiger partial charge in [-0.05, 0) is 30.2 Å². The first kappa shape index (κ1) is 14.0. The maximum absolute atomic E-state index is 9.25. The van der Waals surface area contributed by atoms with Crippen LogP contribution in [0, 0.1) is 5.92 Å². The summed E-state index contributed by atoms with van der Waals surface area (Å²) in [5.41, 5.74) is 0. The molecule has 1 heterocycles. The first-order valence-electron chi connectivity index (χ1n) is 6.86. The van der Waals surface area contributed by atoms with Crippen molar-refractivity contribution in [1.29, 1.82) is 0 Å². The smallest absolute Gasteiger partial charge is 0.0607 e. The second-order valence-electron chi connectivity index (χ2n) is 5.12. The van der Waals surface area contributed by atoms with Crippen molar-refractivity contribution in [3.8, 4) is 0 Å². The van der Waals surface area contributed by atoms with E-state index in [1.54, 1.807) is 11.3 Å². The molecule has 0 aromatic carbocycles. The summed E-state index contributed by atoms with van der Waals surface area (Å²) in [6, 6.07) is 4.31. The molecule has 1 aromatic heterocycles. The Labute approximate surface area is 113 Å². The van der Waals surface area contributed by atoms with Gasteiger partial charge in [-0.2, -0.15) is 0 Å². The van der Waals surface area contributed by atoms with Crippen LogP contribution in [-0.4, -0.2) is 29.5 Å². The zero-order chi connectivity index (χ0) is 12.8. The Morgan fingerprint density at radius 2 is 1.94 bits per heavy atom. The summed E-state index contributed by atoms with van der Waals surface area (Å²) in [5, 5.41) is 24.0. The molecule has 0 unspecified atom stereocenters.